The zero-order valence-electron chi connectivity index (χ0n) is 13.5. The first-order valence-electron chi connectivity index (χ1n) is 6.65. The van der Waals surface area contributed by atoms with Crippen molar-refractivity contribution in [3.8, 4) is 0 Å². The summed E-state index contributed by atoms with van der Waals surface area (Å²) >= 11 is 0. The largest absolute Gasteiger partial charge is 0.476 e. The number of hydrogen-bond donors (Lipinski definition) is 4. The molecule has 4 N–H and O–H groups in total. The van der Waals surface area contributed by atoms with Gasteiger partial charge in [-0.25, -0.2) is 19.6 Å². The van der Waals surface area contributed by atoms with Gasteiger partial charge in [0, 0.05) is 0 Å². The van der Waals surface area contributed by atoms with Crippen LogP contribution in [0.5, 0.6) is 0 Å². The van der Waals surface area contributed by atoms with Crippen molar-refractivity contribution in [1.82, 2.24) is 9.97 Å². The molecular weight excluding hydrogens is 324 g/mol. The molecule has 2 heterocycles. The molecule has 0 bridgehead atoms. The molecule has 0 amide bonds. The monoisotopic (exact) mass is 342 g/mol. The molecule has 0 radical (unpaired) electrons. The van der Waals surface area contributed by atoms with Gasteiger partial charge in [-0.05, 0) is 27.7 Å². The summed E-state index contributed by atoms with van der Waals surface area (Å²) in [5.74, 6) is -2.34. The highest BCUT2D eigenvalue weighted by Gasteiger charge is 2.24. The number of carboxylic acid groups (broad SMARTS) is 2. The minimum absolute atomic E-state index is 0.0000926. The lowest BCUT2D eigenvalue weighted by molar-refractivity contribution is 0.0478. The molecule has 10 heteroatoms. The van der Waals surface area contributed by atoms with Crippen molar-refractivity contribution in [2.24, 2.45) is 0 Å². The molecule has 0 aliphatic heterocycles. The summed E-state index contributed by atoms with van der Waals surface area (Å²) in [5, 5.41) is 35.6. The average Bonchev–Trinajstić information content (AvgIpc) is 3.08. The van der Waals surface area contributed by atoms with Gasteiger partial charge >= 0.3 is 11.9 Å². The molecule has 2 aromatic rings. The Morgan fingerprint density at radius 3 is 1.25 bits per heavy atom. The van der Waals surface area contributed by atoms with Crippen molar-refractivity contribution < 1.29 is 38.8 Å². The fourth-order valence-electron chi connectivity index (χ4n) is 1.31. The second kappa shape index (κ2) is 6.81. The van der Waals surface area contributed by atoms with Gasteiger partial charge in [0.05, 0.1) is 0 Å². The van der Waals surface area contributed by atoms with Crippen molar-refractivity contribution >= 4 is 11.9 Å². The Labute approximate surface area is 136 Å². The van der Waals surface area contributed by atoms with Crippen LogP contribution in [-0.4, -0.2) is 42.3 Å². The predicted octanol–water partition coefficient (Wildman–Crippen LogP) is 1.20. The third-order valence-electron chi connectivity index (χ3n) is 2.49. The summed E-state index contributed by atoms with van der Waals surface area (Å²) in [7, 11) is 0. The van der Waals surface area contributed by atoms with Gasteiger partial charge in [0.25, 0.3) is 0 Å². The highest BCUT2D eigenvalue weighted by Crippen LogP contribution is 2.19. The zero-order chi connectivity index (χ0) is 18.7. The topological polar surface area (TPSA) is 167 Å². The molecule has 2 rings (SSSR count). The van der Waals surface area contributed by atoms with E-state index in [1.807, 2.05) is 0 Å². The molecule has 0 aliphatic carbocycles. The van der Waals surface area contributed by atoms with E-state index in [4.69, 9.17) is 19.0 Å². The lowest BCUT2D eigenvalue weighted by Gasteiger charge is -2.10. The van der Waals surface area contributed by atoms with E-state index in [0.717, 1.165) is 12.5 Å². The van der Waals surface area contributed by atoms with Crippen LogP contribution >= 0.6 is 0 Å². The molecule has 0 saturated carbocycles. The van der Waals surface area contributed by atoms with E-state index in [9.17, 15) is 19.8 Å². The SMILES string of the molecule is CC(C)(O)c1nc(C(=O)O)co1.CC(C)(O)c1nc(C(=O)O)co1. The van der Waals surface area contributed by atoms with Crippen LogP contribution in [0.25, 0.3) is 0 Å². The normalized spacial score (nSPS) is 11.6. The van der Waals surface area contributed by atoms with Crippen LogP contribution in [0.15, 0.2) is 21.4 Å². The number of aliphatic hydroxyl groups is 2. The Morgan fingerprint density at radius 1 is 0.833 bits per heavy atom. The van der Waals surface area contributed by atoms with E-state index in [1.165, 1.54) is 27.7 Å². The predicted molar refractivity (Wildman–Crippen MR) is 77.4 cm³/mol. The van der Waals surface area contributed by atoms with Crippen molar-refractivity contribution in [3.63, 3.8) is 0 Å². The Kier molecular flexibility index (Phi) is 5.48. The Balaban J connectivity index is 0.000000240. The fraction of sp³-hybridized carbons (Fsp3) is 0.429. The summed E-state index contributed by atoms with van der Waals surface area (Å²) in [5.41, 5.74) is -2.89. The summed E-state index contributed by atoms with van der Waals surface area (Å²) < 4.78 is 9.50. The van der Waals surface area contributed by atoms with Crippen molar-refractivity contribution in [2.75, 3.05) is 0 Å². The number of aromatic carboxylic acids is 2. The number of oxazole rings is 2. The lowest BCUT2D eigenvalue weighted by Crippen LogP contribution is -2.16. The Morgan fingerprint density at radius 2 is 1.12 bits per heavy atom. The number of nitrogens with zero attached hydrogens (tertiary/aromatic N) is 2. The number of carbonyl (C=O) groups is 2. The van der Waals surface area contributed by atoms with Crippen LogP contribution in [0.3, 0.4) is 0 Å². The van der Waals surface area contributed by atoms with Gasteiger partial charge in [0.1, 0.15) is 23.7 Å². The van der Waals surface area contributed by atoms with Crippen LogP contribution < -0.4 is 0 Å². The standard InChI is InChI=1S/2C7H9NO4/c2*1-7(2,11)6-8-4(3-12-6)5(9)10/h2*3,11H,1-2H3,(H,9,10). The molecule has 0 atom stereocenters. The maximum Gasteiger partial charge on any atom is 0.357 e. The summed E-state index contributed by atoms with van der Waals surface area (Å²) in [6.45, 7) is 5.85. The van der Waals surface area contributed by atoms with Crippen molar-refractivity contribution in [3.05, 3.63) is 35.7 Å². The second-order valence-corrected chi connectivity index (χ2v) is 5.80. The number of carboxylic acids is 2. The van der Waals surface area contributed by atoms with Crippen LogP contribution in [-0.2, 0) is 11.2 Å². The zero-order valence-corrected chi connectivity index (χ0v) is 13.5. The fourth-order valence-corrected chi connectivity index (χ4v) is 1.31. The summed E-state index contributed by atoms with van der Waals surface area (Å²) in [4.78, 5) is 27.8. The van der Waals surface area contributed by atoms with Gasteiger partial charge in [-0.1, -0.05) is 0 Å². The summed E-state index contributed by atoms with van der Waals surface area (Å²) in [6.07, 6.45) is 1.99. The van der Waals surface area contributed by atoms with Gasteiger partial charge in [0.15, 0.2) is 11.4 Å². The van der Waals surface area contributed by atoms with E-state index >= 15 is 0 Å². The van der Waals surface area contributed by atoms with Gasteiger partial charge in [-0.3, -0.25) is 0 Å². The average molecular weight is 342 g/mol. The molecule has 24 heavy (non-hydrogen) atoms. The number of aromatic nitrogens is 2. The van der Waals surface area contributed by atoms with E-state index < -0.39 is 23.1 Å². The molecule has 0 spiro atoms. The highest BCUT2D eigenvalue weighted by atomic mass is 16.4. The van der Waals surface area contributed by atoms with E-state index in [1.54, 1.807) is 0 Å². The van der Waals surface area contributed by atoms with Crippen LogP contribution in [0.4, 0.5) is 0 Å². The quantitative estimate of drug-likeness (QED) is 0.633. The highest BCUT2D eigenvalue weighted by molar-refractivity contribution is 5.85. The third-order valence-corrected chi connectivity index (χ3v) is 2.49. The molecule has 0 aliphatic rings. The molecule has 0 fully saturated rings. The van der Waals surface area contributed by atoms with Crippen LogP contribution in [0, 0.1) is 0 Å². The second-order valence-electron chi connectivity index (χ2n) is 5.80. The molecule has 0 unspecified atom stereocenters. The number of hydrogen-bond acceptors (Lipinski definition) is 8. The summed E-state index contributed by atoms with van der Waals surface area (Å²) in [6, 6.07) is 0. The molecule has 132 valence electrons. The van der Waals surface area contributed by atoms with E-state index in [0.29, 0.717) is 0 Å². The van der Waals surface area contributed by atoms with Gasteiger partial charge in [-0.2, -0.15) is 0 Å². The van der Waals surface area contributed by atoms with Crippen LogP contribution in [0.2, 0.25) is 0 Å². The smallest absolute Gasteiger partial charge is 0.357 e. The molecular formula is C14H18N2O8. The van der Waals surface area contributed by atoms with E-state index in [-0.39, 0.29) is 23.2 Å². The van der Waals surface area contributed by atoms with Crippen LogP contribution in [0.1, 0.15) is 60.5 Å². The first-order chi connectivity index (χ1) is 10.8. The van der Waals surface area contributed by atoms with Crippen molar-refractivity contribution in [1.29, 1.82) is 0 Å². The van der Waals surface area contributed by atoms with Gasteiger partial charge in [-0.15, -0.1) is 0 Å². The first-order valence-corrected chi connectivity index (χ1v) is 6.65. The first kappa shape index (κ1) is 19.3. The Hall–Kier alpha value is -2.72. The molecule has 2 aromatic heterocycles. The third kappa shape index (κ3) is 5.18. The molecule has 10 nitrogen and oxygen atoms in total. The minimum Gasteiger partial charge on any atom is -0.476 e. The Bertz CT molecular complexity index is 655. The lowest BCUT2D eigenvalue weighted by atomic mass is 10.1. The van der Waals surface area contributed by atoms with Gasteiger partial charge < -0.3 is 29.3 Å². The maximum absolute atomic E-state index is 10.3. The van der Waals surface area contributed by atoms with Crippen molar-refractivity contribution in [2.45, 2.75) is 38.9 Å². The minimum atomic E-state index is -1.24. The molecule has 0 aromatic carbocycles. The maximum atomic E-state index is 10.3. The van der Waals surface area contributed by atoms with E-state index in [2.05, 4.69) is 9.97 Å². The number of rotatable bonds is 4. The van der Waals surface area contributed by atoms with Gasteiger partial charge in [0.2, 0.25) is 11.8 Å². The molecule has 0 saturated heterocycles.